The number of para-hydroxylation sites is 1. The van der Waals surface area contributed by atoms with Crippen LogP contribution in [0.15, 0.2) is 76.7 Å². The lowest BCUT2D eigenvalue weighted by molar-refractivity contribution is -0.122. The maximum atomic E-state index is 13.9. The Morgan fingerprint density at radius 3 is 2.31 bits per heavy atom. The van der Waals surface area contributed by atoms with Crippen LogP contribution in [0.25, 0.3) is 10.9 Å². The minimum atomic E-state index is -4.09. The third kappa shape index (κ3) is 4.34. The van der Waals surface area contributed by atoms with Crippen molar-refractivity contribution in [2.24, 2.45) is 5.92 Å². The maximum absolute atomic E-state index is 13.9. The summed E-state index contributed by atoms with van der Waals surface area (Å²) in [6.07, 6.45) is 0. The molecule has 2 amide bonds. The molecule has 1 aromatic heterocycles. The summed E-state index contributed by atoms with van der Waals surface area (Å²) in [5.74, 6) is -1.80. The van der Waals surface area contributed by atoms with Crippen molar-refractivity contribution >= 4 is 61.8 Å². The zero-order chi connectivity index (χ0) is 27.6. The van der Waals surface area contributed by atoms with Crippen LogP contribution < -0.4 is 9.62 Å². The van der Waals surface area contributed by atoms with Crippen molar-refractivity contribution in [3.05, 3.63) is 94.0 Å². The number of anilines is 1. The van der Waals surface area contributed by atoms with Gasteiger partial charge in [-0.25, -0.2) is 23.0 Å². The summed E-state index contributed by atoms with van der Waals surface area (Å²) in [4.78, 5) is 33.6. The van der Waals surface area contributed by atoms with Gasteiger partial charge in [0.1, 0.15) is 10.3 Å². The normalized spacial score (nSPS) is 20.8. The van der Waals surface area contributed by atoms with Crippen molar-refractivity contribution in [1.82, 2.24) is 9.71 Å². The van der Waals surface area contributed by atoms with Gasteiger partial charge in [-0.2, -0.15) is 0 Å². The van der Waals surface area contributed by atoms with Crippen molar-refractivity contribution in [3.63, 3.8) is 0 Å². The molecule has 2 aliphatic rings. The van der Waals surface area contributed by atoms with E-state index in [-0.39, 0.29) is 4.90 Å². The monoisotopic (exact) mass is 577 g/mol. The van der Waals surface area contributed by atoms with Gasteiger partial charge in [-0.15, -0.1) is 0 Å². The minimum Gasteiger partial charge on any atom is -0.274 e. The zero-order valence-electron chi connectivity index (χ0n) is 21.3. The van der Waals surface area contributed by atoms with Crippen LogP contribution in [0.2, 0.25) is 5.02 Å². The van der Waals surface area contributed by atoms with Crippen molar-refractivity contribution < 1.29 is 18.0 Å². The number of benzene rings is 3. The number of fused-ring (bicyclic) bond motifs is 3. The van der Waals surface area contributed by atoms with E-state index in [0.29, 0.717) is 37.9 Å². The third-order valence-electron chi connectivity index (χ3n) is 7.17. The smallest absolute Gasteiger partial charge is 0.248 e. The predicted molar refractivity (Wildman–Crippen MR) is 153 cm³/mol. The van der Waals surface area contributed by atoms with Gasteiger partial charge in [-0.3, -0.25) is 9.59 Å². The van der Waals surface area contributed by atoms with E-state index in [9.17, 15) is 18.0 Å². The second kappa shape index (κ2) is 9.45. The molecule has 3 atom stereocenters. The Morgan fingerprint density at radius 1 is 0.923 bits per heavy atom. The lowest BCUT2D eigenvalue weighted by Crippen LogP contribution is -2.42. The molecule has 39 heavy (non-hydrogen) atoms. The number of nitrogens with zero attached hydrogens (tertiary/aromatic N) is 2. The van der Waals surface area contributed by atoms with Crippen LogP contribution in [0.5, 0.6) is 0 Å². The first-order chi connectivity index (χ1) is 18.5. The minimum absolute atomic E-state index is 0.168. The van der Waals surface area contributed by atoms with Gasteiger partial charge in [0.15, 0.2) is 0 Å². The number of imide groups is 1. The second-order valence-electron chi connectivity index (χ2n) is 9.96. The second-order valence-corrected chi connectivity index (χ2v) is 13.2. The average Bonchev–Trinajstić information content (AvgIpc) is 3.11. The van der Waals surface area contributed by atoms with E-state index in [4.69, 9.17) is 16.6 Å². The molecule has 0 radical (unpaired) electrons. The first-order valence-corrected chi connectivity index (χ1v) is 15.1. The van der Waals surface area contributed by atoms with E-state index in [1.807, 2.05) is 25.1 Å². The molecule has 1 fully saturated rings. The fourth-order valence-electron chi connectivity index (χ4n) is 5.66. The van der Waals surface area contributed by atoms with Gasteiger partial charge in [0.2, 0.25) is 21.8 Å². The summed E-state index contributed by atoms with van der Waals surface area (Å²) in [5, 5.41) is 0.911. The van der Waals surface area contributed by atoms with Gasteiger partial charge in [-0.1, -0.05) is 65.3 Å². The van der Waals surface area contributed by atoms with Crippen LogP contribution in [0, 0.1) is 26.7 Å². The molecule has 198 valence electrons. The van der Waals surface area contributed by atoms with Crippen LogP contribution in [-0.4, -0.2) is 30.5 Å². The Labute approximate surface area is 235 Å². The van der Waals surface area contributed by atoms with Crippen molar-refractivity contribution in [2.75, 3.05) is 4.90 Å². The van der Waals surface area contributed by atoms with E-state index >= 15 is 0 Å². The molecule has 2 aliphatic heterocycles. The zero-order valence-corrected chi connectivity index (χ0v) is 23.7. The van der Waals surface area contributed by atoms with Gasteiger partial charge in [0.25, 0.3) is 0 Å². The number of carbonyl (C=O) groups excluding carboxylic acids is 2. The number of pyridine rings is 1. The largest absolute Gasteiger partial charge is 0.274 e. The molecule has 6 rings (SSSR count). The van der Waals surface area contributed by atoms with Crippen LogP contribution in [0.3, 0.4) is 0 Å². The number of carbonyl (C=O) groups is 2. The summed E-state index contributed by atoms with van der Waals surface area (Å²) in [5.41, 5.74) is 3.78. The molecule has 3 aromatic carbocycles. The molecule has 0 aliphatic carbocycles. The van der Waals surface area contributed by atoms with E-state index in [1.165, 1.54) is 11.8 Å². The molecule has 3 heterocycles. The number of thioether (sulfide) groups is 1. The molecule has 1 saturated heterocycles. The number of aromatic nitrogens is 1. The summed E-state index contributed by atoms with van der Waals surface area (Å²) in [7, 11) is -4.09. The fourth-order valence-corrected chi connectivity index (χ4v) is 8.86. The molecule has 0 unspecified atom stereocenters. The number of nitrogens with one attached hydrogen (secondary N) is 1. The van der Waals surface area contributed by atoms with Crippen LogP contribution >= 0.6 is 23.4 Å². The Bertz CT molecular complexity index is 1770. The Hall–Kier alpha value is -3.24. The van der Waals surface area contributed by atoms with Crippen molar-refractivity contribution in [3.8, 4) is 0 Å². The standard InChI is InChI=1S/C29H24ClN3O4S2/c1-15-11-16(2)26(17(3)12-15)39(36,37)32-24-21-13-18-9-10-19(30)14-22(18)31-27(21)38-25-23(24)28(34)33(29(25)35)20-7-5-4-6-8-20/h4-14,23-25,32H,1-3H3/t23-,24-,25+/m1/s1. The average molecular weight is 578 g/mol. The third-order valence-corrected chi connectivity index (χ3v) is 10.5. The predicted octanol–water partition coefficient (Wildman–Crippen LogP) is 5.50. The summed E-state index contributed by atoms with van der Waals surface area (Å²) in [6.45, 7) is 5.41. The summed E-state index contributed by atoms with van der Waals surface area (Å²) >= 11 is 7.39. The molecule has 0 bridgehead atoms. The molecule has 0 saturated carbocycles. The number of hydrogen-bond donors (Lipinski definition) is 1. The van der Waals surface area contributed by atoms with E-state index in [0.717, 1.165) is 15.8 Å². The highest BCUT2D eigenvalue weighted by Crippen LogP contribution is 2.50. The SMILES string of the molecule is Cc1cc(C)c(S(=O)(=O)N[C@@H]2c3cc4ccc(Cl)cc4nc3S[C@@H]3C(=O)N(c4ccccc4)C(=O)[C@@H]32)c(C)c1. The Morgan fingerprint density at radius 2 is 1.62 bits per heavy atom. The Balaban J connectivity index is 1.52. The Kier molecular flexibility index (Phi) is 6.30. The molecular formula is C29H24ClN3O4S2. The van der Waals surface area contributed by atoms with Crippen LogP contribution in [-0.2, 0) is 19.6 Å². The van der Waals surface area contributed by atoms with Gasteiger partial charge < -0.3 is 0 Å². The molecule has 0 spiro atoms. The first kappa shape index (κ1) is 26.0. The lowest BCUT2D eigenvalue weighted by Gasteiger charge is -2.32. The highest BCUT2D eigenvalue weighted by Gasteiger charge is 2.56. The van der Waals surface area contributed by atoms with Gasteiger partial charge in [0, 0.05) is 16.0 Å². The van der Waals surface area contributed by atoms with Gasteiger partial charge in [0.05, 0.1) is 28.1 Å². The molecular weight excluding hydrogens is 554 g/mol. The lowest BCUT2D eigenvalue weighted by atomic mass is 9.91. The molecule has 4 aromatic rings. The number of amides is 2. The molecule has 10 heteroatoms. The summed E-state index contributed by atoms with van der Waals surface area (Å²) < 4.78 is 30.7. The summed E-state index contributed by atoms with van der Waals surface area (Å²) in [6, 6.07) is 18.4. The van der Waals surface area contributed by atoms with Crippen LogP contribution in [0.4, 0.5) is 5.69 Å². The number of halogens is 1. The highest BCUT2D eigenvalue weighted by molar-refractivity contribution is 8.00. The highest BCUT2D eigenvalue weighted by atomic mass is 35.5. The maximum Gasteiger partial charge on any atom is 0.248 e. The van der Waals surface area contributed by atoms with E-state index in [2.05, 4.69) is 4.72 Å². The number of hydrogen-bond acceptors (Lipinski definition) is 6. The van der Waals surface area contributed by atoms with E-state index in [1.54, 1.807) is 62.4 Å². The molecule has 1 N–H and O–H groups in total. The van der Waals surface area contributed by atoms with Crippen LogP contribution in [0.1, 0.15) is 28.3 Å². The van der Waals surface area contributed by atoms with Crippen molar-refractivity contribution in [1.29, 1.82) is 0 Å². The fraction of sp³-hybridized carbons (Fsp3) is 0.207. The topological polar surface area (TPSA) is 96.4 Å². The van der Waals surface area contributed by atoms with Crippen molar-refractivity contribution in [2.45, 2.75) is 42.0 Å². The number of sulfonamides is 1. The van der Waals surface area contributed by atoms with Gasteiger partial charge >= 0.3 is 0 Å². The first-order valence-electron chi connectivity index (χ1n) is 12.3. The number of aryl methyl sites for hydroxylation is 3. The molecule has 7 nitrogen and oxygen atoms in total. The van der Waals surface area contributed by atoms with Gasteiger partial charge in [-0.05, 0) is 62.2 Å². The quantitative estimate of drug-likeness (QED) is 0.322. The van der Waals surface area contributed by atoms with E-state index < -0.39 is 39.0 Å². The number of rotatable bonds is 4.